The Bertz CT molecular complexity index is 834. The second-order valence-corrected chi connectivity index (χ2v) is 7.38. The third-order valence-corrected chi connectivity index (χ3v) is 5.48. The van der Waals surface area contributed by atoms with E-state index in [2.05, 4.69) is 15.5 Å². The van der Waals surface area contributed by atoms with E-state index in [9.17, 15) is 14.4 Å². The number of H-pyrrole nitrogens is 1. The first kappa shape index (κ1) is 21.7. The van der Waals surface area contributed by atoms with Crippen LogP contribution < -0.4 is 11.0 Å². The molecule has 1 aromatic heterocycles. The van der Waals surface area contributed by atoms with E-state index in [-0.39, 0.29) is 23.3 Å². The van der Waals surface area contributed by atoms with Gasteiger partial charge in [-0.1, -0.05) is 62.4 Å². The van der Waals surface area contributed by atoms with Gasteiger partial charge in [0.25, 0.3) is 0 Å². The van der Waals surface area contributed by atoms with Crippen LogP contribution in [0.2, 0.25) is 0 Å². The number of hydrogen-bond acceptors (Lipinski definition) is 6. The van der Waals surface area contributed by atoms with Crippen molar-refractivity contribution in [3.8, 4) is 0 Å². The summed E-state index contributed by atoms with van der Waals surface area (Å²) < 4.78 is 6.28. The third-order valence-electron chi connectivity index (χ3n) is 4.51. The van der Waals surface area contributed by atoms with Crippen LogP contribution >= 0.6 is 11.8 Å². The molecule has 2 rings (SSSR count). The molecule has 9 heteroatoms. The van der Waals surface area contributed by atoms with E-state index in [0.717, 1.165) is 23.7 Å². The molecule has 28 heavy (non-hydrogen) atoms. The van der Waals surface area contributed by atoms with Crippen LogP contribution in [0.4, 0.5) is 0 Å². The van der Waals surface area contributed by atoms with Gasteiger partial charge in [-0.2, -0.15) is 0 Å². The predicted octanol–water partition coefficient (Wildman–Crippen LogP) is 1.61. The minimum absolute atomic E-state index is 0.0412. The Hall–Kier alpha value is -2.55. The van der Waals surface area contributed by atoms with Gasteiger partial charge in [0, 0.05) is 6.54 Å². The van der Waals surface area contributed by atoms with E-state index in [0.29, 0.717) is 18.1 Å². The number of methoxy groups -OCH3 is 1. The number of hydrogen-bond donors (Lipinski definition) is 2. The van der Waals surface area contributed by atoms with E-state index >= 15 is 0 Å². The number of amides is 1. The van der Waals surface area contributed by atoms with Crippen molar-refractivity contribution in [2.24, 2.45) is 5.92 Å². The van der Waals surface area contributed by atoms with Gasteiger partial charge in [-0.3, -0.25) is 9.36 Å². The van der Waals surface area contributed by atoms with Crippen LogP contribution in [-0.4, -0.2) is 45.5 Å². The van der Waals surface area contributed by atoms with Crippen molar-refractivity contribution in [2.45, 2.75) is 44.4 Å². The van der Waals surface area contributed by atoms with Crippen molar-refractivity contribution in [3.63, 3.8) is 0 Å². The minimum atomic E-state index is -0.692. The monoisotopic (exact) mass is 406 g/mol. The van der Waals surface area contributed by atoms with Gasteiger partial charge in [0.15, 0.2) is 5.16 Å². The number of nitrogens with zero attached hydrogens (tertiary/aromatic N) is 2. The molecule has 0 aliphatic carbocycles. The molecule has 0 aliphatic heterocycles. The molecule has 1 aromatic carbocycles. The van der Waals surface area contributed by atoms with E-state index in [1.54, 1.807) is 0 Å². The summed E-state index contributed by atoms with van der Waals surface area (Å²) in [7, 11) is 1.30. The van der Waals surface area contributed by atoms with Crippen LogP contribution in [0, 0.1) is 5.92 Å². The Morgan fingerprint density at radius 1 is 1.32 bits per heavy atom. The summed E-state index contributed by atoms with van der Waals surface area (Å²) in [6.07, 6.45) is 1.41. The van der Waals surface area contributed by atoms with Crippen LogP contribution in [0.1, 0.15) is 25.8 Å². The maximum absolute atomic E-state index is 12.3. The average Bonchev–Trinajstić information content (AvgIpc) is 3.07. The fourth-order valence-electron chi connectivity index (χ4n) is 2.64. The first-order valence-corrected chi connectivity index (χ1v) is 10.1. The standard InChI is InChI=1S/C19H26N4O4S/c1-4-13(2)16(17(25)27-3)20-15(24)12-28-19-22-21-18(26)23(19)11-10-14-8-6-5-7-9-14/h5-9,13,16H,4,10-12H2,1-3H3,(H,20,24)(H,21,26)/t13-,16-/m0/s1. The van der Waals surface area contributed by atoms with Gasteiger partial charge in [0.05, 0.1) is 12.9 Å². The molecule has 1 amide bonds. The number of aromatic nitrogens is 3. The van der Waals surface area contributed by atoms with Crippen molar-refractivity contribution in [1.82, 2.24) is 20.1 Å². The smallest absolute Gasteiger partial charge is 0.343 e. The zero-order valence-corrected chi connectivity index (χ0v) is 17.1. The fraction of sp³-hybridized carbons (Fsp3) is 0.474. The molecule has 0 aliphatic rings. The third kappa shape index (κ3) is 5.98. The highest BCUT2D eigenvalue weighted by Crippen LogP contribution is 2.15. The van der Waals surface area contributed by atoms with E-state index in [4.69, 9.17) is 4.74 Å². The molecule has 0 fully saturated rings. The number of ether oxygens (including phenoxy) is 1. The Labute approximate surface area is 168 Å². The second-order valence-electron chi connectivity index (χ2n) is 6.44. The van der Waals surface area contributed by atoms with Gasteiger partial charge in [0.2, 0.25) is 5.91 Å². The zero-order valence-electron chi connectivity index (χ0n) is 16.3. The number of carbonyl (C=O) groups is 2. The number of rotatable bonds is 10. The molecule has 152 valence electrons. The lowest BCUT2D eigenvalue weighted by atomic mass is 9.99. The number of nitrogens with one attached hydrogen (secondary N) is 2. The highest BCUT2D eigenvalue weighted by molar-refractivity contribution is 7.99. The fourth-order valence-corrected chi connectivity index (χ4v) is 3.42. The van der Waals surface area contributed by atoms with Crippen LogP contribution in [0.15, 0.2) is 40.3 Å². The summed E-state index contributed by atoms with van der Waals surface area (Å²) in [6.45, 7) is 4.28. The van der Waals surface area contributed by atoms with Crippen molar-refractivity contribution < 1.29 is 14.3 Å². The maximum Gasteiger partial charge on any atom is 0.343 e. The van der Waals surface area contributed by atoms with Gasteiger partial charge in [-0.15, -0.1) is 5.10 Å². The molecule has 1 heterocycles. The SMILES string of the molecule is CC[C@H](C)[C@H](NC(=O)CSc1n[nH]c(=O)n1CCc1ccccc1)C(=O)OC. The molecule has 8 nitrogen and oxygen atoms in total. The Morgan fingerprint density at radius 3 is 2.68 bits per heavy atom. The Morgan fingerprint density at radius 2 is 2.04 bits per heavy atom. The molecule has 0 bridgehead atoms. The first-order valence-electron chi connectivity index (χ1n) is 9.15. The minimum Gasteiger partial charge on any atom is -0.467 e. The summed E-state index contributed by atoms with van der Waals surface area (Å²) in [5.74, 6) is -0.784. The molecule has 2 N–H and O–H groups in total. The summed E-state index contributed by atoms with van der Waals surface area (Å²) in [5.41, 5.74) is 0.796. The van der Waals surface area contributed by atoms with Crippen LogP contribution in [0.3, 0.4) is 0 Å². The van der Waals surface area contributed by atoms with E-state index < -0.39 is 12.0 Å². The number of esters is 1. The lowest BCUT2D eigenvalue weighted by Crippen LogP contribution is -2.46. The van der Waals surface area contributed by atoms with E-state index in [1.165, 1.54) is 11.7 Å². The summed E-state index contributed by atoms with van der Waals surface area (Å²) in [5, 5.41) is 9.57. The molecular formula is C19H26N4O4S. The van der Waals surface area contributed by atoms with Gasteiger partial charge in [0.1, 0.15) is 6.04 Å². The van der Waals surface area contributed by atoms with Gasteiger partial charge >= 0.3 is 11.7 Å². The van der Waals surface area contributed by atoms with Crippen molar-refractivity contribution >= 4 is 23.6 Å². The number of thioether (sulfide) groups is 1. The Kier molecular flexibility index (Phi) is 8.31. The lowest BCUT2D eigenvalue weighted by Gasteiger charge is -2.21. The zero-order chi connectivity index (χ0) is 20.5. The molecule has 2 aromatic rings. The number of aryl methyl sites for hydroxylation is 1. The molecule has 0 unspecified atom stereocenters. The quantitative estimate of drug-likeness (QED) is 0.459. The molecule has 0 saturated carbocycles. The molecule has 0 saturated heterocycles. The summed E-state index contributed by atoms with van der Waals surface area (Å²) >= 11 is 1.15. The van der Waals surface area contributed by atoms with Crippen LogP contribution in [0.25, 0.3) is 0 Å². The first-order chi connectivity index (χ1) is 13.5. The second kappa shape index (κ2) is 10.7. The van der Waals surface area contributed by atoms with Crippen molar-refractivity contribution in [1.29, 1.82) is 0 Å². The predicted molar refractivity (Wildman–Crippen MR) is 107 cm³/mol. The van der Waals surface area contributed by atoms with Gasteiger partial charge < -0.3 is 10.1 Å². The average molecular weight is 407 g/mol. The molecule has 0 radical (unpaired) electrons. The largest absolute Gasteiger partial charge is 0.467 e. The summed E-state index contributed by atoms with van der Waals surface area (Å²) in [4.78, 5) is 36.2. The van der Waals surface area contributed by atoms with Crippen LogP contribution in [0.5, 0.6) is 0 Å². The van der Waals surface area contributed by atoms with Gasteiger partial charge in [-0.25, -0.2) is 14.7 Å². The number of benzene rings is 1. The maximum atomic E-state index is 12.3. The molecule has 2 atom stereocenters. The lowest BCUT2D eigenvalue weighted by molar-refractivity contribution is -0.146. The van der Waals surface area contributed by atoms with E-state index in [1.807, 2.05) is 44.2 Å². The number of carbonyl (C=O) groups excluding carboxylic acids is 2. The Balaban J connectivity index is 1.95. The van der Waals surface area contributed by atoms with Crippen LogP contribution in [-0.2, 0) is 27.3 Å². The number of aromatic amines is 1. The highest BCUT2D eigenvalue weighted by Gasteiger charge is 2.26. The topological polar surface area (TPSA) is 106 Å². The van der Waals surface area contributed by atoms with Crippen molar-refractivity contribution in [2.75, 3.05) is 12.9 Å². The molecule has 0 spiro atoms. The highest BCUT2D eigenvalue weighted by atomic mass is 32.2. The van der Waals surface area contributed by atoms with Crippen molar-refractivity contribution in [3.05, 3.63) is 46.4 Å². The summed E-state index contributed by atoms with van der Waals surface area (Å²) in [6, 6.07) is 9.13. The van der Waals surface area contributed by atoms with Gasteiger partial charge in [-0.05, 0) is 17.9 Å². The molecular weight excluding hydrogens is 380 g/mol. The normalized spacial score (nSPS) is 13.0.